The van der Waals surface area contributed by atoms with Crippen LogP contribution in [0.5, 0.6) is 0 Å². The summed E-state index contributed by atoms with van der Waals surface area (Å²) in [5.41, 5.74) is 0.881. The molecular formula is C11H12N2O2. The van der Waals surface area contributed by atoms with Gasteiger partial charge >= 0.3 is 5.97 Å². The van der Waals surface area contributed by atoms with Gasteiger partial charge in [-0.1, -0.05) is 5.92 Å². The predicted molar refractivity (Wildman–Crippen MR) is 58.0 cm³/mol. The Bertz CT molecular complexity index is 421. The standard InChI is InChI=1S/C11H12N2O2/c1-4-7-13(3)10-9(11(14)15)8(2)5-6-12-10/h1,5-6H,7H2,2-3H3,(H,14,15). The summed E-state index contributed by atoms with van der Waals surface area (Å²) in [6.07, 6.45) is 6.74. The molecule has 4 nitrogen and oxygen atoms in total. The van der Waals surface area contributed by atoms with Gasteiger partial charge in [0.15, 0.2) is 0 Å². The lowest BCUT2D eigenvalue weighted by Gasteiger charge is -2.17. The van der Waals surface area contributed by atoms with Crippen molar-refractivity contribution in [1.29, 1.82) is 0 Å². The molecule has 0 fully saturated rings. The van der Waals surface area contributed by atoms with E-state index in [1.165, 1.54) is 0 Å². The number of hydrogen-bond donors (Lipinski definition) is 1. The molecule has 1 rings (SSSR count). The topological polar surface area (TPSA) is 53.4 Å². The zero-order valence-corrected chi connectivity index (χ0v) is 8.69. The highest BCUT2D eigenvalue weighted by atomic mass is 16.4. The lowest BCUT2D eigenvalue weighted by molar-refractivity contribution is 0.0696. The van der Waals surface area contributed by atoms with Crippen molar-refractivity contribution in [2.75, 3.05) is 18.5 Å². The van der Waals surface area contributed by atoms with Crippen LogP contribution in [0, 0.1) is 19.3 Å². The number of carboxylic acid groups (broad SMARTS) is 1. The smallest absolute Gasteiger partial charge is 0.339 e. The first-order chi connectivity index (χ1) is 7.07. The maximum atomic E-state index is 11.0. The molecule has 1 heterocycles. The van der Waals surface area contributed by atoms with Crippen LogP contribution >= 0.6 is 0 Å². The van der Waals surface area contributed by atoms with Crippen LogP contribution in [0.25, 0.3) is 0 Å². The van der Waals surface area contributed by atoms with E-state index in [2.05, 4.69) is 10.9 Å². The number of terminal acetylenes is 1. The van der Waals surface area contributed by atoms with Gasteiger partial charge in [-0.2, -0.15) is 0 Å². The Morgan fingerprint density at radius 2 is 2.40 bits per heavy atom. The number of hydrogen-bond acceptors (Lipinski definition) is 3. The van der Waals surface area contributed by atoms with Crippen LogP contribution < -0.4 is 4.90 Å². The number of aryl methyl sites for hydroxylation is 1. The first kappa shape index (κ1) is 11.1. The van der Waals surface area contributed by atoms with Crippen molar-refractivity contribution >= 4 is 11.8 Å². The van der Waals surface area contributed by atoms with Gasteiger partial charge in [-0.15, -0.1) is 6.42 Å². The molecule has 15 heavy (non-hydrogen) atoms. The van der Waals surface area contributed by atoms with Gasteiger partial charge in [-0.3, -0.25) is 0 Å². The summed E-state index contributed by atoms with van der Waals surface area (Å²) in [4.78, 5) is 16.7. The van der Waals surface area contributed by atoms with E-state index in [0.717, 1.165) is 0 Å². The maximum Gasteiger partial charge on any atom is 0.339 e. The quantitative estimate of drug-likeness (QED) is 0.750. The SMILES string of the molecule is C#CCN(C)c1nccc(C)c1C(=O)O. The van der Waals surface area contributed by atoms with Crippen LogP contribution in [0.15, 0.2) is 12.3 Å². The maximum absolute atomic E-state index is 11.0. The minimum absolute atomic E-state index is 0.204. The summed E-state index contributed by atoms with van der Waals surface area (Å²) < 4.78 is 0. The Balaban J connectivity index is 3.23. The van der Waals surface area contributed by atoms with Gasteiger partial charge in [0, 0.05) is 13.2 Å². The number of nitrogens with zero attached hydrogens (tertiary/aromatic N) is 2. The van der Waals surface area contributed by atoms with E-state index in [1.54, 1.807) is 31.1 Å². The molecule has 0 aliphatic carbocycles. The van der Waals surface area contributed by atoms with Crippen molar-refractivity contribution < 1.29 is 9.90 Å². The van der Waals surface area contributed by atoms with Crippen molar-refractivity contribution in [1.82, 2.24) is 4.98 Å². The third-order valence-electron chi connectivity index (χ3n) is 2.04. The number of anilines is 1. The summed E-state index contributed by atoms with van der Waals surface area (Å²) in [6, 6.07) is 1.66. The summed E-state index contributed by atoms with van der Waals surface area (Å²) in [7, 11) is 1.72. The molecule has 1 aromatic rings. The second-order valence-electron chi connectivity index (χ2n) is 3.19. The third kappa shape index (κ3) is 2.26. The molecule has 0 bridgehead atoms. The summed E-state index contributed by atoms with van der Waals surface area (Å²) in [5.74, 6) is 1.86. The van der Waals surface area contributed by atoms with Gasteiger partial charge < -0.3 is 10.0 Å². The van der Waals surface area contributed by atoms with E-state index in [9.17, 15) is 4.79 Å². The Kier molecular flexibility index (Phi) is 3.29. The van der Waals surface area contributed by atoms with Crippen molar-refractivity contribution in [3.63, 3.8) is 0 Å². The Labute approximate surface area is 88.6 Å². The van der Waals surface area contributed by atoms with E-state index in [1.807, 2.05) is 0 Å². The average Bonchev–Trinajstić information content (AvgIpc) is 2.17. The van der Waals surface area contributed by atoms with Gasteiger partial charge in [0.25, 0.3) is 0 Å². The first-order valence-electron chi connectivity index (χ1n) is 4.41. The van der Waals surface area contributed by atoms with Crippen LogP contribution in [0.4, 0.5) is 5.82 Å². The van der Waals surface area contributed by atoms with Crippen LogP contribution in [0.2, 0.25) is 0 Å². The van der Waals surface area contributed by atoms with Gasteiger partial charge in [-0.05, 0) is 18.6 Å². The molecule has 0 aliphatic heterocycles. The number of aromatic carboxylic acids is 1. The molecule has 0 saturated carbocycles. The largest absolute Gasteiger partial charge is 0.478 e. The summed E-state index contributed by atoms with van der Waals surface area (Å²) >= 11 is 0. The minimum Gasteiger partial charge on any atom is -0.478 e. The fraction of sp³-hybridized carbons (Fsp3) is 0.273. The molecular weight excluding hydrogens is 192 g/mol. The monoisotopic (exact) mass is 204 g/mol. The fourth-order valence-corrected chi connectivity index (χ4v) is 1.31. The van der Waals surface area contributed by atoms with E-state index < -0.39 is 5.97 Å². The molecule has 0 spiro atoms. The number of carbonyl (C=O) groups is 1. The molecule has 4 heteroatoms. The lowest BCUT2D eigenvalue weighted by atomic mass is 10.1. The van der Waals surface area contributed by atoms with Crippen molar-refractivity contribution in [3.05, 3.63) is 23.4 Å². The number of carboxylic acids is 1. The van der Waals surface area contributed by atoms with E-state index in [-0.39, 0.29) is 5.56 Å². The molecule has 0 saturated heterocycles. The zero-order valence-electron chi connectivity index (χ0n) is 8.69. The van der Waals surface area contributed by atoms with Crippen molar-refractivity contribution in [2.24, 2.45) is 0 Å². The molecule has 78 valence electrons. The second kappa shape index (κ2) is 4.47. The molecule has 0 aliphatic rings. The van der Waals surface area contributed by atoms with Gasteiger partial charge in [0.05, 0.1) is 6.54 Å². The molecule has 0 unspecified atom stereocenters. The molecule has 1 N–H and O–H groups in total. The van der Waals surface area contributed by atoms with Crippen LogP contribution in [0.1, 0.15) is 15.9 Å². The molecule has 1 aromatic heterocycles. The number of rotatable bonds is 3. The molecule has 0 aromatic carbocycles. The Hall–Kier alpha value is -2.02. The van der Waals surface area contributed by atoms with Gasteiger partial charge in [0.1, 0.15) is 11.4 Å². The van der Waals surface area contributed by atoms with Gasteiger partial charge in [0.2, 0.25) is 0 Å². The summed E-state index contributed by atoms with van der Waals surface area (Å²) in [5, 5.41) is 9.05. The Morgan fingerprint density at radius 1 is 1.73 bits per heavy atom. The van der Waals surface area contributed by atoms with E-state index in [0.29, 0.717) is 17.9 Å². The van der Waals surface area contributed by atoms with E-state index >= 15 is 0 Å². The van der Waals surface area contributed by atoms with Crippen molar-refractivity contribution in [3.8, 4) is 12.3 Å². The zero-order chi connectivity index (χ0) is 11.4. The second-order valence-corrected chi connectivity index (χ2v) is 3.19. The van der Waals surface area contributed by atoms with Crippen LogP contribution in [-0.2, 0) is 0 Å². The van der Waals surface area contributed by atoms with Crippen LogP contribution in [0.3, 0.4) is 0 Å². The fourth-order valence-electron chi connectivity index (χ4n) is 1.31. The summed E-state index contributed by atoms with van der Waals surface area (Å²) in [6.45, 7) is 2.06. The lowest BCUT2D eigenvalue weighted by Crippen LogP contribution is -2.22. The molecule has 0 atom stereocenters. The predicted octanol–water partition coefficient (Wildman–Crippen LogP) is 1.16. The normalized spacial score (nSPS) is 9.40. The van der Waals surface area contributed by atoms with Crippen molar-refractivity contribution in [2.45, 2.75) is 6.92 Å². The highest BCUT2D eigenvalue weighted by Crippen LogP contribution is 2.19. The highest BCUT2D eigenvalue weighted by molar-refractivity contribution is 5.94. The highest BCUT2D eigenvalue weighted by Gasteiger charge is 2.16. The van der Waals surface area contributed by atoms with Gasteiger partial charge in [-0.25, -0.2) is 9.78 Å². The number of pyridine rings is 1. The number of aromatic nitrogens is 1. The third-order valence-corrected chi connectivity index (χ3v) is 2.04. The molecule has 0 radical (unpaired) electrons. The molecule has 0 amide bonds. The average molecular weight is 204 g/mol. The first-order valence-corrected chi connectivity index (χ1v) is 4.41. The minimum atomic E-state index is -0.987. The van der Waals surface area contributed by atoms with E-state index in [4.69, 9.17) is 11.5 Å². The van der Waals surface area contributed by atoms with Crippen LogP contribution in [-0.4, -0.2) is 29.7 Å². The Morgan fingerprint density at radius 3 is 2.93 bits per heavy atom.